The fourth-order valence-corrected chi connectivity index (χ4v) is 5.02. The van der Waals surface area contributed by atoms with Crippen LogP contribution in [-0.4, -0.2) is 45.1 Å². The molecule has 10 nitrogen and oxygen atoms in total. The van der Waals surface area contributed by atoms with Gasteiger partial charge in [-0.1, -0.05) is 41.4 Å². The number of carbonyl (C=O) groups is 2. The maximum atomic E-state index is 14.3. The molecule has 0 spiro atoms. The monoisotopic (exact) mass is 610 g/mol. The molecule has 13 heteroatoms. The third-order valence-electron chi connectivity index (χ3n) is 6.29. The minimum absolute atomic E-state index is 0.0209. The Morgan fingerprint density at radius 1 is 1.17 bits per heavy atom. The van der Waals surface area contributed by atoms with Crippen molar-refractivity contribution in [2.75, 3.05) is 11.9 Å². The fraction of sp³-hybridized carbons (Fsp3) is 0.207. The summed E-state index contributed by atoms with van der Waals surface area (Å²) in [6.07, 6.45) is -0.513. The Kier molecular flexibility index (Phi) is 8.41. The molecule has 2 aromatic heterocycles. The first kappa shape index (κ1) is 29.0. The first-order chi connectivity index (χ1) is 20.1. The Balaban J connectivity index is 1.52. The summed E-state index contributed by atoms with van der Waals surface area (Å²) in [6, 6.07) is 12.9. The molecule has 1 atom stereocenters. The van der Waals surface area contributed by atoms with E-state index in [0.29, 0.717) is 39.9 Å². The number of carbonyl (C=O) groups excluding carboxylic acids is 2. The highest BCUT2D eigenvalue weighted by Gasteiger charge is 2.31. The third kappa shape index (κ3) is 6.07. The molecule has 0 saturated carbocycles. The Morgan fingerprint density at radius 3 is 2.69 bits per heavy atom. The number of ether oxygens (including phenoxy) is 2. The number of benzene rings is 2. The molecule has 216 valence electrons. The zero-order valence-electron chi connectivity index (χ0n) is 22.7. The van der Waals surface area contributed by atoms with Crippen LogP contribution in [0.3, 0.4) is 0 Å². The number of pyridine rings is 1. The second-order valence-corrected chi connectivity index (χ2v) is 10.1. The number of anilines is 1. The van der Waals surface area contributed by atoms with Gasteiger partial charge in [0.05, 0.1) is 46.2 Å². The molecule has 3 heterocycles. The number of hydrogen-bond acceptors (Lipinski definition) is 7. The van der Waals surface area contributed by atoms with E-state index in [4.69, 9.17) is 32.7 Å². The van der Waals surface area contributed by atoms with Crippen molar-refractivity contribution in [1.82, 2.24) is 20.1 Å². The highest BCUT2D eigenvalue weighted by atomic mass is 35.5. The topological polar surface area (TPSA) is 120 Å². The Morgan fingerprint density at radius 2 is 1.95 bits per heavy atom. The van der Waals surface area contributed by atoms with Gasteiger partial charge in [0, 0.05) is 17.6 Å². The number of nitrogens with one attached hydrogen (secondary N) is 2. The van der Waals surface area contributed by atoms with Crippen LogP contribution in [0, 0.1) is 12.7 Å². The van der Waals surface area contributed by atoms with Gasteiger partial charge in [-0.05, 0) is 44.2 Å². The van der Waals surface area contributed by atoms with Gasteiger partial charge in [-0.3, -0.25) is 14.3 Å². The lowest BCUT2D eigenvalue weighted by Gasteiger charge is -2.17. The number of halogens is 3. The van der Waals surface area contributed by atoms with Crippen LogP contribution in [0.15, 0.2) is 59.7 Å². The van der Waals surface area contributed by atoms with E-state index in [1.54, 1.807) is 49.0 Å². The smallest absolute Gasteiger partial charge is 0.269 e. The second-order valence-electron chi connectivity index (χ2n) is 9.28. The molecule has 1 aliphatic rings. The lowest BCUT2D eigenvalue weighted by Crippen LogP contribution is -2.42. The molecule has 0 saturated heterocycles. The van der Waals surface area contributed by atoms with Crippen LogP contribution in [-0.2, 0) is 18.4 Å². The van der Waals surface area contributed by atoms with E-state index in [1.807, 2.05) is 13.0 Å². The molecule has 5 rings (SSSR count). The standard InChI is InChI=1S/C29H25Cl2FN6O4/c1-4-41-23-11-16(30)10-21(31)24(23)25-19-7-5-6-8-22(19)34-28(40)26(35-25)36-27(39)20-12-17(32)13-33-29(20)42-14-18-9-15(2)37-38(18)3/h5-13,26H,4,14H2,1-3H3,(H,34,40)(H,36,39). The van der Waals surface area contributed by atoms with Crippen molar-refractivity contribution < 1.29 is 23.5 Å². The number of benzodiazepines with no additional fused rings is 1. The highest BCUT2D eigenvalue weighted by molar-refractivity contribution is 6.39. The quantitative estimate of drug-likeness (QED) is 0.287. The van der Waals surface area contributed by atoms with E-state index < -0.39 is 23.8 Å². The zero-order valence-corrected chi connectivity index (χ0v) is 24.3. The molecule has 0 fully saturated rings. The molecular weight excluding hydrogens is 586 g/mol. The van der Waals surface area contributed by atoms with E-state index in [1.165, 1.54) is 6.07 Å². The Labute approximate surface area is 250 Å². The molecule has 0 aliphatic carbocycles. The Hall–Kier alpha value is -4.48. The average Bonchev–Trinajstić information content (AvgIpc) is 3.20. The van der Waals surface area contributed by atoms with E-state index in [-0.39, 0.29) is 28.8 Å². The van der Waals surface area contributed by atoms with Gasteiger partial charge in [0.15, 0.2) is 0 Å². The van der Waals surface area contributed by atoms with Gasteiger partial charge >= 0.3 is 0 Å². The highest BCUT2D eigenvalue weighted by Crippen LogP contribution is 2.36. The van der Waals surface area contributed by atoms with Gasteiger partial charge in [-0.2, -0.15) is 5.10 Å². The molecule has 0 bridgehead atoms. The SMILES string of the molecule is CCOc1cc(Cl)cc(Cl)c1C1=NC(NC(=O)c2cc(F)cnc2OCc2cc(C)nn2C)C(=O)Nc2ccccc21. The summed E-state index contributed by atoms with van der Waals surface area (Å²) in [6.45, 7) is 3.96. The first-order valence-corrected chi connectivity index (χ1v) is 13.6. The maximum Gasteiger partial charge on any atom is 0.269 e. The lowest BCUT2D eigenvalue weighted by molar-refractivity contribution is -0.117. The predicted octanol–water partition coefficient (Wildman–Crippen LogP) is 5.09. The molecule has 1 unspecified atom stereocenters. The predicted molar refractivity (Wildman–Crippen MR) is 156 cm³/mol. The van der Waals surface area contributed by atoms with Crippen molar-refractivity contribution in [3.63, 3.8) is 0 Å². The molecule has 1 aliphatic heterocycles. The number of amides is 2. The van der Waals surface area contributed by atoms with E-state index in [9.17, 15) is 14.0 Å². The van der Waals surface area contributed by atoms with Gasteiger partial charge in [-0.25, -0.2) is 14.4 Å². The normalized spacial score (nSPS) is 14.4. The summed E-state index contributed by atoms with van der Waals surface area (Å²) < 4.78 is 27.5. The summed E-state index contributed by atoms with van der Waals surface area (Å²) in [7, 11) is 1.75. The van der Waals surface area contributed by atoms with E-state index >= 15 is 0 Å². The molecule has 2 aromatic carbocycles. The summed E-state index contributed by atoms with van der Waals surface area (Å²) in [5, 5.41) is 10.2. The van der Waals surface area contributed by atoms with Gasteiger partial charge < -0.3 is 20.1 Å². The van der Waals surface area contributed by atoms with Gasteiger partial charge in [0.2, 0.25) is 12.0 Å². The minimum atomic E-state index is -1.45. The van der Waals surface area contributed by atoms with Gasteiger partial charge in [0.25, 0.3) is 11.8 Å². The Bertz CT molecular complexity index is 1720. The number of fused-ring (bicyclic) bond motifs is 1. The number of hydrogen-bond donors (Lipinski definition) is 2. The number of nitrogens with zero attached hydrogens (tertiary/aromatic N) is 4. The van der Waals surface area contributed by atoms with Crippen molar-refractivity contribution >= 4 is 46.4 Å². The summed E-state index contributed by atoms with van der Waals surface area (Å²) in [4.78, 5) is 35.4. The maximum absolute atomic E-state index is 14.3. The molecular formula is C29H25Cl2FN6O4. The van der Waals surface area contributed by atoms with Crippen LogP contribution >= 0.6 is 23.2 Å². The van der Waals surface area contributed by atoms with Crippen molar-refractivity contribution in [3.8, 4) is 11.6 Å². The largest absolute Gasteiger partial charge is 0.493 e. The molecule has 2 amide bonds. The van der Waals surface area contributed by atoms with Crippen LogP contribution in [0.4, 0.5) is 10.1 Å². The zero-order chi connectivity index (χ0) is 30.0. The molecule has 4 aromatic rings. The molecule has 42 heavy (non-hydrogen) atoms. The van der Waals surface area contributed by atoms with Gasteiger partial charge in [-0.15, -0.1) is 0 Å². The van der Waals surface area contributed by atoms with E-state index in [0.717, 1.165) is 18.0 Å². The summed E-state index contributed by atoms with van der Waals surface area (Å²) >= 11 is 12.9. The average molecular weight is 611 g/mol. The van der Waals surface area contributed by atoms with Crippen LogP contribution in [0.2, 0.25) is 10.0 Å². The van der Waals surface area contributed by atoms with Crippen molar-refractivity contribution in [3.05, 3.63) is 98.7 Å². The first-order valence-electron chi connectivity index (χ1n) is 12.8. The lowest BCUT2D eigenvalue weighted by atomic mass is 9.99. The molecule has 2 N–H and O–H groups in total. The van der Waals surface area contributed by atoms with Crippen LogP contribution in [0.5, 0.6) is 11.6 Å². The van der Waals surface area contributed by atoms with Crippen LogP contribution in [0.25, 0.3) is 0 Å². The summed E-state index contributed by atoms with van der Waals surface area (Å²) in [5.41, 5.74) is 2.91. The number of aromatic nitrogens is 3. The van der Waals surface area contributed by atoms with Gasteiger partial charge in [0.1, 0.15) is 23.7 Å². The molecule has 0 radical (unpaired) electrons. The second kappa shape index (κ2) is 12.2. The third-order valence-corrected chi connectivity index (χ3v) is 6.80. The van der Waals surface area contributed by atoms with Crippen molar-refractivity contribution in [2.24, 2.45) is 12.0 Å². The van der Waals surface area contributed by atoms with Crippen LogP contribution in [0.1, 0.15) is 39.8 Å². The summed E-state index contributed by atoms with van der Waals surface area (Å²) in [5.74, 6) is -2.02. The number of aliphatic imine (C=N–C) groups is 1. The van der Waals surface area contributed by atoms with Crippen LogP contribution < -0.4 is 20.1 Å². The minimum Gasteiger partial charge on any atom is -0.493 e. The number of para-hydroxylation sites is 1. The van der Waals surface area contributed by atoms with Crippen molar-refractivity contribution in [2.45, 2.75) is 26.6 Å². The fourth-order valence-electron chi connectivity index (χ4n) is 4.45. The van der Waals surface area contributed by atoms with E-state index in [2.05, 4.69) is 25.7 Å². The number of aryl methyl sites for hydroxylation is 2. The van der Waals surface area contributed by atoms with Crippen molar-refractivity contribution in [1.29, 1.82) is 0 Å². The number of rotatable bonds is 8.